The summed E-state index contributed by atoms with van der Waals surface area (Å²) in [4.78, 5) is 1.62. The van der Waals surface area contributed by atoms with Crippen LogP contribution in [0.3, 0.4) is 0 Å². The maximum atomic E-state index is 12.7. The Balaban J connectivity index is 2.12. The van der Waals surface area contributed by atoms with Gasteiger partial charge in [0, 0.05) is 25.0 Å². The lowest BCUT2D eigenvalue weighted by molar-refractivity contribution is -0.155. The Morgan fingerprint density at radius 1 is 1.20 bits per heavy atom. The Labute approximate surface area is 116 Å². The Hall–Kier alpha value is -1.37. The summed E-state index contributed by atoms with van der Waals surface area (Å²) < 4.78 is 38.2. The van der Waals surface area contributed by atoms with Gasteiger partial charge < -0.3 is 10.2 Å². The van der Waals surface area contributed by atoms with E-state index in [1.54, 1.807) is 11.0 Å². The number of hydrogen-bond donors (Lipinski definition) is 1. The van der Waals surface area contributed by atoms with Crippen molar-refractivity contribution in [3.05, 3.63) is 17.8 Å². The molecule has 2 heterocycles. The largest absolute Gasteiger partial charge is 0.405 e. The molecule has 0 amide bonds. The first-order chi connectivity index (χ1) is 9.18. The van der Waals surface area contributed by atoms with Gasteiger partial charge >= 0.3 is 6.18 Å². The van der Waals surface area contributed by atoms with Crippen LogP contribution in [0.5, 0.6) is 0 Å². The Bertz CT molecular complexity index is 450. The van der Waals surface area contributed by atoms with Crippen molar-refractivity contribution in [1.29, 1.82) is 0 Å². The highest BCUT2D eigenvalue weighted by atomic mass is 19.4. The second-order valence-electron chi connectivity index (χ2n) is 6.02. The third-order valence-electron chi connectivity index (χ3n) is 3.31. The second-order valence-corrected chi connectivity index (χ2v) is 6.02. The van der Waals surface area contributed by atoms with Gasteiger partial charge in [-0.15, -0.1) is 5.10 Å². The number of piperazine rings is 1. The van der Waals surface area contributed by atoms with Gasteiger partial charge in [-0.3, -0.25) is 0 Å². The van der Waals surface area contributed by atoms with Crippen LogP contribution in [0.2, 0.25) is 0 Å². The number of hydrogen-bond acceptors (Lipinski definition) is 4. The summed E-state index contributed by atoms with van der Waals surface area (Å²) >= 11 is 0. The van der Waals surface area contributed by atoms with E-state index < -0.39 is 12.2 Å². The molecule has 0 unspecified atom stereocenters. The van der Waals surface area contributed by atoms with Crippen molar-refractivity contribution in [2.24, 2.45) is 0 Å². The summed E-state index contributed by atoms with van der Waals surface area (Å²) in [6.07, 6.45) is -4.24. The van der Waals surface area contributed by atoms with Gasteiger partial charge in [0.25, 0.3) is 0 Å². The number of aromatic nitrogens is 2. The van der Waals surface area contributed by atoms with E-state index in [9.17, 15) is 13.2 Å². The van der Waals surface area contributed by atoms with Gasteiger partial charge in [-0.25, -0.2) is 0 Å². The summed E-state index contributed by atoms with van der Waals surface area (Å²) in [5.41, 5.74) is 0.701. The molecule has 1 atom stereocenters. The van der Waals surface area contributed by atoms with E-state index in [2.05, 4.69) is 15.5 Å². The molecule has 1 aromatic heterocycles. The average molecular weight is 288 g/mol. The third kappa shape index (κ3) is 3.39. The maximum Gasteiger partial charge on any atom is 0.405 e. The van der Waals surface area contributed by atoms with Crippen molar-refractivity contribution in [1.82, 2.24) is 15.5 Å². The fourth-order valence-electron chi connectivity index (χ4n) is 2.07. The highest BCUT2D eigenvalue weighted by Crippen LogP contribution is 2.25. The number of nitrogens with zero attached hydrogens (tertiary/aromatic N) is 3. The molecule has 0 aromatic carbocycles. The molecule has 1 saturated heterocycles. The topological polar surface area (TPSA) is 41.0 Å². The van der Waals surface area contributed by atoms with E-state index >= 15 is 0 Å². The molecule has 0 bridgehead atoms. The highest BCUT2D eigenvalue weighted by Gasteiger charge is 2.42. The number of anilines is 1. The van der Waals surface area contributed by atoms with Crippen LogP contribution in [-0.2, 0) is 5.41 Å². The molecule has 0 aliphatic carbocycles. The molecule has 1 fully saturated rings. The minimum atomic E-state index is -4.24. The van der Waals surface area contributed by atoms with Crippen LogP contribution < -0.4 is 10.2 Å². The zero-order valence-corrected chi connectivity index (χ0v) is 11.8. The van der Waals surface area contributed by atoms with Gasteiger partial charge in [0.2, 0.25) is 0 Å². The molecular weight excluding hydrogens is 269 g/mol. The smallest absolute Gasteiger partial charge is 0.352 e. The average Bonchev–Trinajstić information content (AvgIpc) is 2.37. The molecule has 0 spiro atoms. The van der Waals surface area contributed by atoms with E-state index in [1.807, 2.05) is 26.8 Å². The van der Waals surface area contributed by atoms with E-state index in [1.165, 1.54) is 0 Å². The normalized spacial score (nSPS) is 21.1. The van der Waals surface area contributed by atoms with Gasteiger partial charge in [0.15, 0.2) is 5.82 Å². The number of nitrogens with one attached hydrogen (secondary N) is 1. The summed E-state index contributed by atoms with van der Waals surface area (Å²) in [5.74, 6) is 0.494. The van der Waals surface area contributed by atoms with Crippen molar-refractivity contribution in [3.8, 4) is 0 Å². The highest BCUT2D eigenvalue weighted by molar-refractivity contribution is 5.39. The van der Waals surface area contributed by atoms with Crippen LogP contribution in [0.25, 0.3) is 0 Å². The monoisotopic (exact) mass is 288 g/mol. The zero-order valence-electron chi connectivity index (χ0n) is 11.8. The first kappa shape index (κ1) is 15.0. The number of halogens is 3. The summed E-state index contributed by atoms with van der Waals surface area (Å²) in [7, 11) is 0. The lowest BCUT2D eigenvalue weighted by Gasteiger charge is -2.35. The molecule has 112 valence electrons. The molecule has 4 nitrogen and oxygen atoms in total. The second kappa shape index (κ2) is 5.20. The Kier molecular flexibility index (Phi) is 3.90. The summed E-state index contributed by atoms with van der Waals surface area (Å²) in [6.45, 7) is 6.69. The maximum absolute atomic E-state index is 12.7. The fraction of sp³-hybridized carbons (Fsp3) is 0.692. The van der Waals surface area contributed by atoms with E-state index in [4.69, 9.17) is 0 Å². The lowest BCUT2D eigenvalue weighted by Crippen LogP contribution is -2.57. The van der Waals surface area contributed by atoms with Crippen LogP contribution >= 0.6 is 0 Å². The quantitative estimate of drug-likeness (QED) is 0.859. The molecule has 1 aromatic rings. The zero-order chi connectivity index (χ0) is 15.0. The summed E-state index contributed by atoms with van der Waals surface area (Å²) in [5, 5.41) is 10.7. The number of alkyl halides is 3. The molecule has 2 rings (SSSR count). The van der Waals surface area contributed by atoms with Gasteiger partial charge in [-0.05, 0) is 12.1 Å². The van der Waals surface area contributed by atoms with Gasteiger partial charge in [-0.2, -0.15) is 18.3 Å². The summed E-state index contributed by atoms with van der Waals surface area (Å²) in [6, 6.07) is 2.06. The van der Waals surface area contributed by atoms with Gasteiger partial charge in [-0.1, -0.05) is 20.8 Å². The molecule has 0 radical (unpaired) electrons. The molecule has 1 aliphatic heterocycles. The molecule has 20 heavy (non-hydrogen) atoms. The van der Waals surface area contributed by atoms with Crippen LogP contribution in [0, 0.1) is 0 Å². The first-order valence-electron chi connectivity index (χ1n) is 6.57. The third-order valence-corrected chi connectivity index (χ3v) is 3.31. The van der Waals surface area contributed by atoms with Crippen molar-refractivity contribution in [2.45, 2.75) is 38.4 Å². The van der Waals surface area contributed by atoms with Crippen LogP contribution in [-0.4, -0.2) is 42.0 Å². The van der Waals surface area contributed by atoms with Crippen LogP contribution in [0.1, 0.15) is 26.5 Å². The Morgan fingerprint density at radius 3 is 2.40 bits per heavy atom. The molecule has 1 aliphatic rings. The van der Waals surface area contributed by atoms with Crippen molar-refractivity contribution < 1.29 is 13.2 Å². The fourth-order valence-corrected chi connectivity index (χ4v) is 2.07. The van der Waals surface area contributed by atoms with E-state index in [-0.39, 0.29) is 18.5 Å². The Morgan fingerprint density at radius 2 is 1.90 bits per heavy atom. The van der Waals surface area contributed by atoms with Crippen LogP contribution in [0.15, 0.2) is 12.1 Å². The molecule has 0 saturated carbocycles. The number of rotatable bonds is 1. The molecular formula is C13H19F3N4. The van der Waals surface area contributed by atoms with Gasteiger partial charge in [0.1, 0.15) is 6.04 Å². The van der Waals surface area contributed by atoms with Crippen molar-refractivity contribution in [2.75, 3.05) is 24.5 Å². The minimum Gasteiger partial charge on any atom is -0.352 e. The van der Waals surface area contributed by atoms with Gasteiger partial charge in [0.05, 0.1) is 5.69 Å². The SMILES string of the molecule is CC(C)(C)c1ccc(N2CCN[C@@H](C(F)(F)F)C2)nn1. The van der Waals surface area contributed by atoms with E-state index in [0.717, 1.165) is 5.69 Å². The predicted molar refractivity (Wildman–Crippen MR) is 70.8 cm³/mol. The van der Waals surface area contributed by atoms with Crippen molar-refractivity contribution >= 4 is 5.82 Å². The standard InChI is InChI=1S/C13H19F3N4/c1-12(2,3)9-4-5-11(19-18-9)20-7-6-17-10(8-20)13(14,15)16/h4-5,10,17H,6-8H2,1-3H3/t10-/m1/s1. The van der Waals surface area contributed by atoms with Crippen molar-refractivity contribution in [3.63, 3.8) is 0 Å². The van der Waals surface area contributed by atoms with Crippen LogP contribution in [0.4, 0.5) is 19.0 Å². The lowest BCUT2D eigenvalue weighted by atomic mass is 9.92. The van der Waals surface area contributed by atoms with E-state index in [0.29, 0.717) is 12.4 Å². The predicted octanol–water partition coefficient (Wildman–Crippen LogP) is 2.11. The first-order valence-corrected chi connectivity index (χ1v) is 6.57. The molecule has 1 N–H and O–H groups in total. The minimum absolute atomic E-state index is 0.122. The molecule has 7 heteroatoms.